The molecule has 9 nitrogen and oxygen atoms in total. The Morgan fingerprint density at radius 1 is 1.06 bits per heavy atom. The summed E-state index contributed by atoms with van der Waals surface area (Å²) in [5.74, 6) is -1.76. The molecule has 0 spiro atoms. The number of likely N-dealkylation sites (N-methyl/N-ethyl adjacent to an activating group) is 1. The lowest BCUT2D eigenvalue weighted by molar-refractivity contribution is 0.0986. The maximum atomic E-state index is 16.1. The highest BCUT2D eigenvalue weighted by Gasteiger charge is 2.35. The molecule has 0 saturated heterocycles. The van der Waals surface area contributed by atoms with Crippen LogP contribution in [0.1, 0.15) is 78.7 Å². The average molecular weight is 725 g/mol. The number of hydrogen-bond acceptors (Lipinski definition) is 7. The van der Waals surface area contributed by atoms with Gasteiger partial charge in [-0.3, -0.25) is 14.5 Å². The average Bonchev–Trinajstić information content (AvgIpc) is 3.70. The van der Waals surface area contributed by atoms with Crippen LogP contribution in [0.25, 0.3) is 11.1 Å². The van der Waals surface area contributed by atoms with Gasteiger partial charge in [0.1, 0.15) is 12.7 Å². The van der Waals surface area contributed by atoms with Gasteiger partial charge in [-0.05, 0) is 65.9 Å². The minimum absolute atomic E-state index is 0.0567. The van der Waals surface area contributed by atoms with Gasteiger partial charge < -0.3 is 19.8 Å². The first-order valence-electron chi connectivity index (χ1n) is 16.3. The zero-order valence-electron chi connectivity index (χ0n) is 27.8. The van der Waals surface area contributed by atoms with E-state index in [0.717, 1.165) is 52.2 Å². The molecule has 0 fully saturated rings. The number of imidazole rings is 1. The monoisotopic (exact) mass is 723 g/mol. The Labute approximate surface area is 303 Å². The molecule has 2 N–H and O–H groups in total. The van der Waals surface area contributed by atoms with E-state index in [-0.39, 0.29) is 40.6 Å². The van der Waals surface area contributed by atoms with E-state index in [1.165, 1.54) is 6.07 Å². The minimum Gasteiger partial charge on any atom is -0.485 e. The number of aldehydes is 1. The summed E-state index contributed by atoms with van der Waals surface area (Å²) in [5, 5.41) is 9.73. The fourth-order valence-electron chi connectivity index (χ4n) is 7.23. The molecule has 4 aromatic carbocycles. The SMILES string of the molecule is CN1CCc2c(nc(C(N)=O)n2C)C1c1cccc(-c2cccc3c2CCC3Oc2c(Cl)cc(C=O)c(OCc3cccc(C#N)c3)c2F)c1Cl. The van der Waals surface area contributed by atoms with Gasteiger partial charge >= 0.3 is 0 Å². The van der Waals surface area contributed by atoms with Crippen LogP contribution in [-0.4, -0.2) is 40.2 Å². The van der Waals surface area contributed by atoms with Crippen molar-refractivity contribution >= 4 is 35.4 Å². The summed E-state index contributed by atoms with van der Waals surface area (Å²) in [4.78, 5) is 30.9. The van der Waals surface area contributed by atoms with Crippen LogP contribution in [0, 0.1) is 17.1 Å². The molecule has 5 aromatic rings. The summed E-state index contributed by atoms with van der Waals surface area (Å²) < 4.78 is 29.9. The van der Waals surface area contributed by atoms with Gasteiger partial charge in [-0.1, -0.05) is 71.7 Å². The van der Waals surface area contributed by atoms with Crippen molar-refractivity contribution in [2.45, 2.75) is 38.0 Å². The lowest BCUT2D eigenvalue weighted by atomic mass is 9.91. The highest BCUT2D eigenvalue weighted by Crippen LogP contribution is 2.47. The largest absolute Gasteiger partial charge is 0.485 e. The van der Waals surface area contributed by atoms with Crippen molar-refractivity contribution in [1.82, 2.24) is 14.5 Å². The standard InChI is InChI=1S/C39H32Cl2FN5O4/c1-46-15-14-30-34(45-39(38(44)49)47(30)2)35(46)28-11-5-10-27(32(28)41)24-8-4-9-26-25(24)12-13-31(26)51-37-29(40)17-23(19-48)36(33(37)42)50-20-22-7-3-6-21(16-22)18-43/h3-11,16-17,19,31,35H,12-15,20H2,1-2H3,(H2,44,49). The number of aromatic nitrogens is 2. The summed E-state index contributed by atoms with van der Waals surface area (Å²) in [7, 11) is 3.81. The number of hydrogen-bond donors (Lipinski definition) is 1. The topological polar surface area (TPSA) is 123 Å². The second-order valence-electron chi connectivity index (χ2n) is 12.7. The van der Waals surface area contributed by atoms with Crippen LogP contribution in [-0.2, 0) is 26.5 Å². The molecule has 0 bridgehead atoms. The van der Waals surface area contributed by atoms with Crippen LogP contribution < -0.4 is 15.2 Å². The number of carbonyl (C=O) groups is 2. The number of carbonyl (C=O) groups excluding carboxylic acids is 2. The molecular formula is C39H32Cl2FN5O4. The summed E-state index contributed by atoms with van der Waals surface area (Å²) in [6.07, 6.45) is 1.84. The molecule has 12 heteroatoms. The Kier molecular flexibility index (Phi) is 9.29. The van der Waals surface area contributed by atoms with Crippen LogP contribution in [0.15, 0.2) is 66.7 Å². The maximum absolute atomic E-state index is 16.1. The van der Waals surface area contributed by atoms with Crippen molar-refractivity contribution < 1.29 is 23.5 Å². The van der Waals surface area contributed by atoms with Gasteiger partial charge in [0.25, 0.3) is 5.91 Å². The van der Waals surface area contributed by atoms with Crippen LogP contribution in [0.5, 0.6) is 11.5 Å². The molecule has 1 aliphatic carbocycles. The number of nitriles is 1. The van der Waals surface area contributed by atoms with E-state index in [0.29, 0.717) is 35.3 Å². The minimum atomic E-state index is -0.883. The molecule has 7 rings (SSSR count). The number of primary amides is 1. The number of halogens is 3. The van der Waals surface area contributed by atoms with Gasteiger partial charge in [0, 0.05) is 31.3 Å². The second kappa shape index (κ2) is 13.8. The van der Waals surface area contributed by atoms with Crippen molar-refractivity contribution in [3.05, 3.63) is 133 Å². The number of fused-ring (bicyclic) bond motifs is 2. The van der Waals surface area contributed by atoms with E-state index in [9.17, 15) is 14.9 Å². The highest BCUT2D eigenvalue weighted by molar-refractivity contribution is 6.34. The molecule has 2 aliphatic rings. The lowest BCUT2D eigenvalue weighted by Crippen LogP contribution is -2.33. The van der Waals surface area contributed by atoms with Crippen LogP contribution >= 0.6 is 23.2 Å². The molecule has 2 heterocycles. The zero-order chi connectivity index (χ0) is 36.0. The van der Waals surface area contributed by atoms with Crippen molar-refractivity contribution in [3.63, 3.8) is 0 Å². The Bertz CT molecular complexity index is 2270. The molecule has 1 aliphatic heterocycles. The van der Waals surface area contributed by atoms with E-state index in [1.54, 1.807) is 35.9 Å². The van der Waals surface area contributed by atoms with Crippen molar-refractivity contribution in [2.24, 2.45) is 12.8 Å². The summed E-state index contributed by atoms with van der Waals surface area (Å²) in [5.41, 5.74) is 12.8. The fourth-order valence-corrected chi connectivity index (χ4v) is 7.80. The number of ether oxygens (including phenoxy) is 2. The first kappa shape index (κ1) is 34.2. The Morgan fingerprint density at radius 3 is 2.55 bits per heavy atom. The second-order valence-corrected chi connectivity index (χ2v) is 13.5. The van der Waals surface area contributed by atoms with E-state index in [2.05, 4.69) is 16.0 Å². The number of nitrogens with zero attached hydrogens (tertiary/aromatic N) is 4. The van der Waals surface area contributed by atoms with Gasteiger partial charge in [0.05, 0.1) is 39.0 Å². The third-order valence-electron chi connectivity index (χ3n) is 9.68. The summed E-state index contributed by atoms with van der Waals surface area (Å²) >= 11 is 13.7. The Hall–Kier alpha value is -5.21. The van der Waals surface area contributed by atoms with Gasteiger partial charge in [0.15, 0.2) is 23.6 Å². The van der Waals surface area contributed by atoms with Crippen LogP contribution in [0.4, 0.5) is 4.39 Å². The molecule has 0 radical (unpaired) electrons. The van der Waals surface area contributed by atoms with Crippen molar-refractivity contribution in [3.8, 4) is 28.7 Å². The normalized spacial score (nSPS) is 16.6. The first-order valence-corrected chi connectivity index (χ1v) is 17.1. The fraction of sp³-hybridized carbons (Fsp3) is 0.231. The molecule has 51 heavy (non-hydrogen) atoms. The van der Waals surface area contributed by atoms with Gasteiger partial charge in [-0.15, -0.1) is 0 Å². The van der Waals surface area contributed by atoms with E-state index < -0.39 is 17.8 Å². The van der Waals surface area contributed by atoms with E-state index in [4.69, 9.17) is 38.4 Å². The van der Waals surface area contributed by atoms with E-state index in [1.807, 2.05) is 43.4 Å². The lowest BCUT2D eigenvalue weighted by Gasteiger charge is -2.33. The number of amides is 1. The van der Waals surface area contributed by atoms with Crippen molar-refractivity contribution in [1.29, 1.82) is 5.26 Å². The quantitative estimate of drug-likeness (QED) is 0.156. The summed E-state index contributed by atoms with van der Waals surface area (Å²) in [6, 6.07) is 21.6. The van der Waals surface area contributed by atoms with Gasteiger partial charge in [-0.2, -0.15) is 9.65 Å². The van der Waals surface area contributed by atoms with Gasteiger partial charge in [-0.25, -0.2) is 4.98 Å². The van der Waals surface area contributed by atoms with Crippen LogP contribution in [0.3, 0.4) is 0 Å². The molecule has 1 aromatic heterocycles. The molecule has 2 atom stereocenters. The van der Waals surface area contributed by atoms with Crippen molar-refractivity contribution in [2.75, 3.05) is 13.6 Å². The molecule has 258 valence electrons. The predicted molar refractivity (Wildman–Crippen MR) is 191 cm³/mol. The van der Waals surface area contributed by atoms with Gasteiger partial charge in [0.2, 0.25) is 5.82 Å². The number of rotatable bonds is 9. The third-order valence-corrected chi connectivity index (χ3v) is 10.4. The smallest absolute Gasteiger partial charge is 0.284 e. The van der Waals surface area contributed by atoms with E-state index >= 15 is 4.39 Å². The first-order chi connectivity index (χ1) is 24.6. The maximum Gasteiger partial charge on any atom is 0.284 e. The Morgan fingerprint density at radius 2 is 1.80 bits per heavy atom. The molecular weight excluding hydrogens is 692 g/mol. The number of nitrogens with two attached hydrogens (primary N) is 1. The zero-order valence-corrected chi connectivity index (χ0v) is 29.3. The third kappa shape index (κ3) is 6.12. The Balaban J connectivity index is 1.20. The van der Waals surface area contributed by atoms with Crippen LogP contribution in [0.2, 0.25) is 10.0 Å². The summed E-state index contributed by atoms with van der Waals surface area (Å²) in [6.45, 7) is 0.665. The molecule has 0 saturated carbocycles. The number of benzene rings is 4. The predicted octanol–water partition coefficient (Wildman–Crippen LogP) is 7.54. The molecule has 2 unspecified atom stereocenters. The molecule has 1 amide bonds. The highest BCUT2D eigenvalue weighted by atomic mass is 35.5.